The molecular weight excluding hydrogens is 445 g/mol. The maximum Gasteiger partial charge on any atom is 0.191 e. The lowest BCUT2D eigenvalue weighted by atomic mass is 10.1. The third-order valence-corrected chi connectivity index (χ3v) is 4.86. The van der Waals surface area contributed by atoms with Crippen LogP contribution in [0.25, 0.3) is 0 Å². The van der Waals surface area contributed by atoms with Crippen LogP contribution in [0.4, 0.5) is 0 Å². The van der Waals surface area contributed by atoms with Crippen LogP contribution < -0.4 is 10.6 Å². The van der Waals surface area contributed by atoms with Gasteiger partial charge < -0.3 is 19.9 Å². The monoisotopic (exact) mass is 477 g/mol. The number of ether oxygens (including phenoxy) is 1. The highest BCUT2D eigenvalue weighted by atomic mass is 127. The van der Waals surface area contributed by atoms with E-state index in [9.17, 15) is 0 Å². The molecule has 148 valence electrons. The third-order valence-electron chi connectivity index (χ3n) is 4.86. The molecule has 0 aromatic carbocycles. The van der Waals surface area contributed by atoms with Crippen LogP contribution >= 0.6 is 24.0 Å². The molecule has 2 aliphatic heterocycles. The molecule has 2 saturated heterocycles. The van der Waals surface area contributed by atoms with Gasteiger partial charge in [-0.05, 0) is 32.2 Å². The molecule has 2 atom stereocenters. The molecule has 8 heteroatoms. The summed E-state index contributed by atoms with van der Waals surface area (Å²) in [5.41, 5.74) is 0.971. The van der Waals surface area contributed by atoms with E-state index in [2.05, 4.69) is 46.5 Å². The highest BCUT2D eigenvalue weighted by Crippen LogP contribution is 2.22. The minimum absolute atomic E-state index is 0. The van der Waals surface area contributed by atoms with Crippen LogP contribution in [0.5, 0.6) is 0 Å². The highest BCUT2D eigenvalue weighted by molar-refractivity contribution is 14.0. The van der Waals surface area contributed by atoms with Gasteiger partial charge >= 0.3 is 0 Å². The normalized spacial score (nSPS) is 23.6. The highest BCUT2D eigenvalue weighted by Gasteiger charge is 2.32. The van der Waals surface area contributed by atoms with E-state index >= 15 is 0 Å². The van der Waals surface area contributed by atoms with Crippen molar-refractivity contribution in [2.45, 2.75) is 58.2 Å². The molecule has 26 heavy (non-hydrogen) atoms. The summed E-state index contributed by atoms with van der Waals surface area (Å²) in [6.07, 6.45) is 2.80. The van der Waals surface area contributed by atoms with Crippen molar-refractivity contribution in [3.05, 3.63) is 17.5 Å². The molecule has 2 fully saturated rings. The maximum atomic E-state index is 6.00. The van der Waals surface area contributed by atoms with E-state index in [0.717, 1.165) is 43.7 Å². The van der Waals surface area contributed by atoms with Crippen molar-refractivity contribution in [3.63, 3.8) is 0 Å². The Morgan fingerprint density at radius 1 is 1.42 bits per heavy atom. The van der Waals surface area contributed by atoms with Crippen LogP contribution in [0, 0.1) is 0 Å². The molecule has 0 amide bonds. The maximum absolute atomic E-state index is 6.00. The van der Waals surface area contributed by atoms with Gasteiger partial charge in [-0.3, -0.25) is 4.90 Å². The second-order valence-corrected chi connectivity index (χ2v) is 7.20. The number of aromatic nitrogens is 1. The van der Waals surface area contributed by atoms with Crippen LogP contribution in [0.15, 0.2) is 15.6 Å². The van der Waals surface area contributed by atoms with Crippen molar-refractivity contribution >= 4 is 29.9 Å². The van der Waals surface area contributed by atoms with Crippen LogP contribution in [-0.2, 0) is 11.3 Å². The fourth-order valence-electron chi connectivity index (χ4n) is 3.39. The summed E-state index contributed by atoms with van der Waals surface area (Å²) in [6, 6.07) is 2.62. The number of aliphatic imine (C=N–C) groups is 1. The van der Waals surface area contributed by atoms with Gasteiger partial charge in [-0.1, -0.05) is 19.0 Å². The molecule has 0 spiro atoms. The Bertz CT molecular complexity index is 578. The van der Waals surface area contributed by atoms with Crippen molar-refractivity contribution < 1.29 is 9.26 Å². The predicted octanol–water partition coefficient (Wildman–Crippen LogP) is 2.33. The Morgan fingerprint density at radius 2 is 2.27 bits per heavy atom. The zero-order chi connectivity index (χ0) is 17.6. The van der Waals surface area contributed by atoms with Crippen LogP contribution in [0.2, 0.25) is 0 Å². The van der Waals surface area contributed by atoms with Crippen LogP contribution in [0.3, 0.4) is 0 Å². The second-order valence-electron chi connectivity index (χ2n) is 7.20. The summed E-state index contributed by atoms with van der Waals surface area (Å²) >= 11 is 0. The zero-order valence-electron chi connectivity index (χ0n) is 16.0. The number of fused-ring (bicyclic) bond motifs is 1. The lowest BCUT2D eigenvalue weighted by Gasteiger charge is -2.35. The van der Waals surface area contributed by atoms with Gasteiger partial charge in [0.2, 0.25) is 0 Å². The number of halogens is 1. The van der Waals surface area contributed by atoms with E-state index in [1.165, 1.54) is 19.4 Å². The van der Waals surface area contributed by atoms with Crippen molar-refractivity contribution in [2.75, 3.05) is 32.8 Å². The Labute approximate surface area is 173 Å². The summed E-state index contributed by atoms with van der Waals surface area (Å²) in [4.78, 5) is 7.16. The topological polar surface area (TPSA) is 74.9 Å². The molecule has 0 aliphatic carbocycles. The molecule has 0 bridgehead atoms. The van der Waals surface area contributed by atoms with E-state index in [-0.39, 0.29) is 30.1 Å². The molecule has 2 unspecified atom stereocenters. The fourth-order valence-corrected chi connectivity index (χ4v) is 3.39. The molecule has 0 saturated carbocycles. The quantitative estimate of drug-likeness (QED) is 0.372. The van der Waals surface area contributed by atoms with Gasteiger partial charge in [0.15, 0.2) is 11.7 Å². The molecule has 1 aromatic rings. The van der Waals surface area contributed by atoms with Crippen LogP contribution in [0.1, 0.15) is 51.0 Å². The first-order chi connectivity index (χ1) is 12.2. The minimum Gasteiger partial charge on any atom is -0.373 e. The number of nitrogens with one attached hydrogen (secondary N) is 2. The lowest BCUT2D eigenvalue weighted by molar-refractivity contribution is -0.0453. The average molecular weight is 477 g/mol. The molecule has 7 nitrogen and oxygen atoms in total. The summed E-state index contributed by atoms with van der Waals surface area (Å²) < 4.78 is 11.3. The molecule has 3 heterocycles. The smallest absolute Gasteiger partial charge is 0.191 e. The summed E-state index contributed by atoms with van der Waals surface area (Å²) in [5.74, 6) is 1.94. The standard InChI is InChI=1S/C18H31N5O2.HI/c1-4-19-18(20-9-15-8-17(13(2)3)22-25-15)21-10-16-11-23-7-5-6-14(23)12-24-16;/h8,13-14,16H,4-7,9-12H2,1-3H3,(H2,19,20,21);1H. The largest absolute Gasteiger partial charge is 0.373 e. The fraction of sp³-hybridized carbons (Fsp3) is 0.778. The Morgan fingerprint density at radius 3 is 3.00 bits per heavy atom. The van der Waals surface area contributed by atoms with E-state index < -0.39 is 0 Å². The van der Waals surface area contributed by atoms with Gasteiger partial charge in [-0.15, -0.1) is 24.0 Å². The predicted molar refractivity (Wildman–Crippen MR) is 113 cm³/mol. The Balaban J connectivity index is 0.00000243. The minimum atomic E-state index is 0. The summed E-state index contributed by atoms with van der Waals surface area (Å²) in [5, 5.41) is 10.8. The first-order valence-corrected chi connectivity index (χ1v) is 9.49. The molecule has 2 N–H and O–H groups in total. The van der Waals surface area contributed by atoms with Gasteiger partial charge in [-0.25, -0.2) is 4.99 Å². The van der Waals surface area contributed by atoms with E-state index in [1.807, 2.05) is 6.07 Å². The van der Waals surface area contributed by atoms with Crippen molar-refractivity contribution in [2.24, 2.45) is 4.99 Å². The number of morpholine rings is 1. The Kier molecular flexibility index (Phi) is 8.62. The molecule has 0 radical (unpaired) electrons. The lowest BCUT2D eigenvalue weighted by Crippen LogP contribution is -2.51. The third kappa shape index (κ3) is 5.82. The number of nitrogens with zero attached hydrogens (tertiary/aromatic N) is 3. The number of hydrogen-bond acceptors (Lipinski definition) is 5. The molecule has 3 rings (SSSR count). The van der Waals surface area contributed by atoms with Crippen molar-refractivity contribution in [1.82, 2.24) is 20.7 Å². The summed E-state index contributed by atoms with van der Waals surface area (Å²) in [6.45, 7) is 11.4. The van der Waals surface area contributed by atoms with E-state index in [1.54, 1.807) is 0 Å². The number of guanidine groups is 1. The molecular formula is C18H32IN5O2. The summed E-state index contributed by atoms with van der Waals surface area (Å²) in [7, 11) is 0. The van der Waals surface area contributed by atoms with E-state index in [0.29, 0.717) is 18.5 Å². The first kappa shape index (κ1) is 21.4. The SMILES string of the molecule is CCNC(=NCc1cc(C(C)C)no1)NCC1CN2CCCC2CO1.I. The average Bonchev–Trinajstić information content (AvgIpc) is 3.25. The van der Waals surface area contributed by atoms with Gasteiger partial charge in [-0.2, -0.15) is 0 Å². The Hall–Kier alpha value is -0.870. The molecule has 2 aliphatic rings. The first-order valence-electron chi connectivity index (χ1n) is 9.49. The van der Waals surface area contributed by atoms with Crippen molar-refractivity contribution in [1.29, 1.82) is 0 Å². The van der Waals surface area contributed by atoms with Gasteiger partial charge in [0.25, 0.3) is 0 Å². The van der Waals surface area contributed by atoms with Gasteiger partial charge in [0.1, 0.15) is 6.54 Å². The van der Waals surface area contributed by atoms with Gasteiger partial charge in [0, 0.05) is 31.7 Å². The zero-order valence-corrected chi connectivity index (χ0v) is 18.4. The van der Waals surface area contributed by atoms with E-state index in [4.69, 9.17) is 9.26 Å². The van der Waals surface area contributed by atoms with Crippen molar-refractivity contribution in [3.8, 4) is 0 Å². The number of rotatable bonds is 6. The van der Waals surface area contributed by atoms with Gasteiger partial charge in [0.05, 0.1) is 18.4 Å². The van der Waals surface area contributed by atoms with Crippen LogP contribution in [-0.4, -0.2) is 60.9 Å². The second kappa shape index (κ2) is 10.5. The number of hydrogen-bond donors (Lipinski definition) is 2. The molecule has 1 aromatic heterocycles.